The highest BCUT2D eigenvalue weighted by Crippen LogP contribution is 2.16. The van der Waals surface area contributed by atoms with Gasteiger partial charge in [-0.2, -0.15) is 0 Å². The number of likely N-dealkylation sites (tertiary alicyclic amines) is 1. The second kappa shape index (κ2) is 8.04. The Balaban J connectivity index is 0.00000180. The summed E-state index contributed by atoms with van der Waals surface area (Å²) in [4.78, 5) is 12.3. The Bertz CT molecular complexity index is 419. The first-order valence-corrected chi connectivity index (χ1v) is 7.37. The fraction of sp³-hybridized carbons (Fsp3) is 0.692. The summed E-state index contributed by atoms with van der Waals surface area (Å²) in [6.07, 6.45) is 4.54. The summed E-state index contributed by atoms with van der Waals surface area (Å²) in [5.41, 5.74) is 0. The van der Waals surface area contributed by atoms with Crippen LogP contribution in [-0.4, -0.2) is 36.0 Å². The quantitative estimate of drug-likeness (QED) is 0.477. The van der Waals surface area contributed by atoms with Gasteiger partial charge in [-0.3, -0.25) is 4.99 Å². The minimum absolute atomic E-state index is 0. The van der Waals surface area contributed by atoms with Gasteiger partial charge in [0.1, 0.15) is 0 Å². The molecule has 1 aliphatic rings. The van der Waals surface area contributed by atoms with E-state index in [2.05, 4.69) is 27.1 Å². The van der Waals surface area contributed by atoms with Crippen LogP contribution < -0.4 is 5.32 Å². The summed E-state index contributed by atoms with van der Waals surface area (Å²) < 4.78 is 0. The normalized spacial score (nSPS) is 20.1. The number of halogens is 1. The largest absolute Gasteiger partial charge is 0.351 e. The molecule has 2 heterocycles. The molecule has 2 rings (SSSR count). The van der Waals surface area contributed by atoms with Crippen molar-refractivity contribution in [2.45, 2.75) is 33.2 Å². The second-order valence-electron chi connectivity index (χ2n) is 4.94. The van der Waals surface area contributed by atoms with Gasteiger partial charge in [0.25, 0.3) is 0 Å². The van der Waals surface area contributed by atoms with Crippen molar-refractivity contribution in [3.05, 3.63) is 16.1 Å². The molecule has 0 bridgehead atoms. The molecular weight excluding hydrogens is 371 g/mol. The van der Waals surface area contributed by atoms with Crippen molar-refractivity contribution in [3.63, 3.8) is 0 Å². The van der Waals surface area contributed by atoms with E-state index in [-0.39, 0.29) is 24.0 Å². The molecule has 1 aromatic rings. The average Bonchev–Trinajstić information content (AvgIpc) is 2.76. The minimum Gasteiger partial charge on any atom is -0.351 e. The Hall–Kier alpha value is -0.370. The molecule has 0 radical (unpaired) electrons. The van der Waals surface area contributed by atoms with E-state index in [1.54, 1.807) is 11.3 Å². The van der Waals surface area contributed by atoms with Crippen LogP contribution in [0.15, 0.2) is 11.2 Å². The molecule has 1 fully saturated rings. The molecule has 1 aliphatic heterocycles. The van der Waals surface area contributed by atoms with Crippen LogP contribution in [0.1, 0.15) is 29.7 Å². The average molecular weight is 394 g/mol. The molecule has 1 unspecified atom stereocenters. The summed E-state index contributed by atoms with van der Waals surface area (Å²) in [5, 5.41) is 4.55. The van der Waals surface area contributed by atoms with Gasteiger partial charge in [0, 0.05) is 31.2 Å². The molecule has 1 N–H and O–H groups in total. The van der Waals surface area contributed by atoms with Gasteiger partial charge >= 0.3 is 0 Å². The van der Waals surface area contributed by atoms with E-state index in [1.165, 1.54) is 17.7 Å². The number of nitrogens with one attached hydrogen (secondary N) is 1. The van der Waals surface area contributed by atoms with Crippen molar-refractivity contribution in [2.75, 3.05) is 20.1 Å². The van der Waals surface area contributed by atoms with Gasteiger partial charge in [-0.15, -0.1) is 35.3 Å². The predicted octanol–water partition coefficient (Wildman–Crippen LogP) is 2.88. The Morgan fingerprint density at radius 2 is 2.42 bits per heavy atom. The van der Waals surface area contributed by atoms with Crippen molar-refractivity contribution in [1.82, 2.24) is 15.2 Å². The summed E-state index contributed by atoms with van der Waals surface area (Å²) in [5.74, 6) is 1.79. The number of piperidine rings is 1. The first kappa shape index (κ1) is 16.7. The van der Waals surface area contributed by atoms with Gasteiger partial charge < -0.3 is 10.2 Å². The summed E-state index contributed by atoms with van der Waals surface area (Å²) in [6, 6.07) is 0. The lowest BCUT2D eigenvalue weighted by molar-refractivity contribution is 0.266. The SMILES string of the molecule is CN=C(NCc1cnc(C)s1)N1CCCC(C)C1.I. The molecule has 1 saturated heterocycles. The summed E-state index contributed by atoms with van der Waals surface area (Å²) in [7, 11) is 1.86. The lowest BCUT2D eigenvalue weighted by Crippen LogP contribution is -2.45. The number of hydrogen-bond donors (Lipinski definition) is 1. The van der Waals surface area contributed by atoms with Crippen LogP contribution in [0.4, 0.5) is 0 Å². The molecule has 19 heavy (non-hydrogen) atoms. The van der Waals surface area contributed by atoms with Crippen molar-refractivity contribution in [3.8, 4) is 0 Å². The maximum absolute atomic E-state index is 4.38. The van der Waals surface area contributed by atoms with Gasteiger partial charge in [0.15, 0.2) is 5.96 Å². The third-order valence-electron chi connectivity index (χ3n) is 3.26. The molecule has 0 aromatic carbocycles. The minimum atomic E-state index is 0. The summed E-state index contributed by atoms with van der Waals surface area (Å²) >= 11 is 1.74. The number of rotatable bonds is 2. The predicted molar refractivity (Wildman–Crippen MR) is 92.4 cm³/mol. The number of hydrogen-bond acceptors (Lipinski definition) is 3. The lowest BCUT2D eigenvalue weighted by atomic mass is 10.0. The molecule has 0 saturated carbocycles. The maximum Gasteiger partial charge on any atom is 0.193 e. The molecule has 6 heteroatoms. The maximum atomic E-state index is 4.38. The number of aliphatic imine (C=N–C) groups is 1. The van der Waals surface area contributed by atoms with E-state index in [4.69, 9.17) is 0 Å². The van der Waals surface area contributed by atoms with E-state index in [0.29, 0.717) is 0 Å². The molecule has 4 nitrogen and oxygen atoms in total. The molecule has 0 spiro atoms. The smallest absolute Gasteiger partial charge is 0.193 e. The Morgan fingerprint density at radius 3 is 3.00 bits per heavy atom. The van der Waals surface area contributed by atoms with Crippen LogP contribution in [0.2, 0.25) is 0 Å². The summed E-state index contributed by atoms with van der Waals surface area (Å²) in [6.45, 7) is 7.40. The Morgan fingerprint density at radius 1 is 1.63 bits per heavy atom. The van der Waals surface area contributed by atoms with Crippen molar-refractivity contribution in [1.29, 1.82) is 0 Å². The highest BCUT2D eigenvalue weighted by molar-refractivity contribution is 14.0. The van der Waals surface area contributed by atoms with Crippen LogP contribution in [0.3, 0.4) is 0 Å². The second-order valence-corrected chi connectivity index (χ2v) is 6.26. The van der Waals surface area contributed by atoms with Crippen molar-refractivity contribution in [2.24, 2.45) is 10.9 Å². The van der Waals surface area contributed by atoms with E-state index in [9.17, 15) is 0 Å². The number of guanidine groups is 1. The van der Waals surface area contributed by atoms with Crippen LogP contribution in [0.25, 0.3) is 0 Å². The van der Waals surface area contributed by atoms with Crippen molar-refractivity contribution >= 4 is 41.3 Å². The first-order chi connectivity index (χ1) is 8.69. The third kappa shape index (κ3) is 4.91. The molecule has 1 aromatic heterocycles. The Kier molecular flexibility index (Phi) is 7.06. The number of thiazole rings is 1. The molecule has 108 valence electrons. The topological polar surface area (TPSA) is 40.5 Å². The number of nitrogens with zero attached hydrogens (tertiary/aromatic N) is 3. The highest BCUT2D eigenvalue weighted by Gasteiger charge is 2.19. The van der Waals surface area contributed by atoms with E-state index >= 15 is 0 Å². The first-order valence-electron chi connectivity index (χ1n) is 6.56. The number of aryl methyl sites for hydroxylation is 1. The van der Waals surface area contributed by atoms with Gasteiger partial charge in [-0.05, 0) is 25.7 Å². The van der Waals surface area contributed by atoms with Gasteiger partial charge in [0.05, 0.1) is 11.6 Å². The van der Waals surface area contributed by atoms with Crippen molar-refractivity contribution < 1.29 is 0 Å². The molecule has 1 atom stereocenters. The highest BCUT2D eigenvalue weighted by atomic mass is 127. The van der Waals surface area contributed by atoms with Crippen LogP contribution >= 0.6 is 35.3 Å². The third-order valence-corrected chi connectivity index (χ3v) is 4.17. The molecule has 0 amide bonds. The van der Waals surface area contributed by atoms with E-state index in [0.717, 1.165) is 36.5 Å². The van der Waals surface area contributed by atoms with Gasteiger partial charge in [-0.1, -0.05) is 6.92 Å². The van der Waals surface area contributed by atoms with Gasteiger partial charge in [0.2, 0.25) is 0 Å². The molecule has 0 aliphatic carbocycles. The fourth-order valence-corrected chi connectivity index (χ4v) is 3.10. The van der Waals surface area contributed by atoms with Crippen LogP contribution in [0, 0.1) is 12.8 Å². The monoisotopic (exact) mass is 394 g/mol. The Labute approximate surface area is 136 Å². The van der Waals surface area contributed by atoms with Gasteiger partial charge in [-0.25, -0.2) is 4.98 Å². The zero-order valence-electron chi connectivity index (χ0n) is 11.8. The lowest BCUT2D eigenvalue weighted by Gasteiger charge is -2.33. The molecular formula is C13H23IN4S. The van der Waals surface area contributed by atoms with Crippen LogP contribution in [-0.2, 0) is 6.54 Å². The fourth-order valence-electron chi connectivity index (χ4n) is 2.37. The van der Waals surface area contributed by atoms with Crippen LogP contribution in [0.5, 0.6) is 0 Å². The van der Waals surface area contributed by atoms with E-state index in [1.807, 2.05) is 20.2 Å². The zero-order chi connectivity index (χ0) is 13.0. The van der Waals surface area contributed by atoms with E-state index < -0.39 is 0 Å². The standard InChI is InChI=1S/C13H22N4S.HI/c1-10-5-4-6-17(9-10)13(14-3)16-8-12-7-15-11(2)18-12;/h7,10H,4-6,8-9H2,1-3H3,(H,14,16);1H. The number of aromatic nitrogens is 1. The zero-order valence-corrected chi connectivity index (χ0v) is 15.0.